The molecule has 3 N–H and O–H groups in total. The number of benzene rings is 2. The van der Waals surface area contributed by atoms with Crippen LogP contribution in [0, 0.1) is 11.6 Å². The number of para-hydroxylation sites is 1. The second kappa shape index (κ2) is 8.71. The summed E-state index contributed by atoms with van der Waals surface area (Å²) in [6, 6.07) is 11.4. The predicted octanol–water partition coefficient (Wildman–Crippen LogP) is 3.67. The van der Waals surface area contributed by atoms with Gasteiger partial charge in [-0.1, -0.05) is 31.2 Å². The minimum Gasteiger partial charge on any atom is -0.368 e. The molecule has 1 aromatic heterocycles. The molecular weight excluding hydrogens is 362 g/mol. The van der Waals surface area contributed by atoms with E-state index in [-0.39, 0.29) is 12.5 Å². The Labute approximate surface area is 162 Å². The van der Waals surface area contributed by atoms with Gasteiger partial charge in [-0.3, -0.25) is 4.90 Å². The van der Waals surface area contributed by atoms with Gasteiger partial charge in [-0.2, -0.15) is 15.0 Å². The number of nitrogen functional groups attached to an aromatic ring is 1. The number of hydrogen-bond donors (Lipinski definition) is 2. The molecule has 2 aromatic carbocycles. The molecule has 0 radical (unpaired) electrons. The van der Waals surface area contributed by atoms with Crippen LogP contribution in [-0.4, -0.2) is 26.9 Å². The highest BCUT2D eigenvalue weighted by atomic mass is 19.1. The van der Waals surface area contributed by atoms with Crippen LogP contribution < -0.4 is 11.1 Å². The van der Waals surface area contributed by atoms with Crippen LogP contribution in [0.25, 0.3) is 0 Å². The first kappa shape index (κ1) is 19.6. The van der Waals surface area contributed by atoms with Crippen molar-refractivity contribution in [3.05, 3.63) is 71.1 Å². The van der Waals surface area contributed by atoms with Crippen molar-refractivity contribution >= 4 is 17.6 Å². The zero-order chi connectivity index (χ0) is 20.1. The molecule has 0 fully saturated rings. The fraction of sp³-hybridized carbons (Fsp3) is 0.250. The summed E-state index contributed by atoms with van der Waals surface area (Å²) in [5.74, 6) is -0.278. The second-order valence-corrected chi connectivity index (χ2v) is 6.48. The number of halogens is 2. The minimum atomic E-state index is -0.600. The van der Waals surface area contributed by atoms with Crippen LogP contribution in [0.5, 0.6) is 0 Å². The lowest BCUT2D eigenvalue weighted by atomic mass is 10.1. The first-order chi connectivity index (χ1) is 13.4. The van der Waals surface area contributed by atoms with E-state index >= 15 is 0 Å². The molecule has 0 atom stereocenters. The van der Waals surface area contributed by atoms with E-state index in [9.17, 15) is 8.78 Å². The Hall–Kier alpha value is -3.13. The highest BCUT2D eigenvalue weighted by molar-refractivity contribution is 5.58. The van der Waals surface area contributed by atoms with Crippen molar-refractivity contribution in [3.63, 3.8) is 0 Å². The molecule has 0 saturated carbocycles. The van der Waals surface area contributed by atoms with Crippen molar-refractivity contribution < 1.29 is 8.78 Å². The Balaban J connectivity index is 1.74. The minimum absolute atomic E-state index is 0.0999. The van der Waals surface area contributed by atoms with Gasteiger partial charge >= 0.3 is 0 Å². The molecule has 0 aliphatic heterocycles. The van der Waals surface area contributed by atoms with Crippen LogP contribution in [0.4, 0.5) is 26.4 Å². The molecule has 3 rings (SSSR count). The summed E-state index contributed by atoms with van der Waals surface area (Å²) < 4.78 is 26.9. The van der Waals surface area contributed by atoms with E-state index in [0.29, 0.717) is 23.9 Å². The van der Waals surface area contributed by atoms with Gasteiger partial charge in [-0.25, -0.2) is 8.78 Å². The molecule has 0 spiro atoms. The number of nitrogens with two attached hydrogens (primary N) is 1. The maximum Gasteiger partial charge on any atom is 0.232 e. The maximum atomic E-state index is 13.9. The summed E-state index contributed by atoms with van der Waals surface area (Å²) >= 11 is 0. The average Bonchev–Trinajstić information content (AvgIpc) is 2.64. The number of hydrogen-bond acceptors (Lipinski definition) is 6. The van der Waals surface area contributed by atoms with Crippen molar-refractivity contribution in [2.45, 2.75) is 26.4 Å². The van der Waals surface area contributed by atoms with Crippen LogP contribution in [-0.2, 0) is 19.5 Å². The van der Waals surface area contributed by atoms with Crippen LogP contribution in [0.3, 0.4) is 0 Å². The summed E-state index contributed by atoms with van der Waals surface area (Å²) in [7, 11) is 1.79. The number of aromatic nitrogens is 3. The van der Waals surface area contributed by atoms with Gasteiger partial charge in [0.25, 0.3) is 0 Å². The van der Waals surface area contributed by atoms with Gasteiger partial charge in [0.15, 0.2) is 0 Å². The number of aryl methyl sites for hydroxylation is 1. The highest BCUT2D eigenvalue weighted by Crippen LogP contribution is 2.20. The van der Waals surface area contributed by atoms with E-state index < -0.39 is 11.6 Å². The first-order valence-corrected chi connectivity index (χ1v) is 8.92. The van der Waals surface area contributed by atoms with Crippen molar-refractivity contribution in [1.82, 2.24) is 19.9 Å². The Morgan fingerprint density at radius 1 is 1.00 bits per heavy atom. The smallest absolute Gasteiger partial charge is 0.232 e. The molecule has 0 bridgehead atoms. The zero-order valence-electron chi connectivity index (χ0n) is 15.8. The third kappa shape index (κ3) is 4.98. The molecule has 0 saturated heterocycles. The lowest BCUT2D eigenvalue weighted by molar-refractivity contribution is 0.305. The third-order valence-electron chi connectivity index (χ3n) is 4.21. The molecule has 28 heavy (non-hydrogen) atoms. The van der Waals surface area contributed by atoms with E-state index in [0.717, 1.165) is 23.7 Å². The summed E-state index contributed by atoms with van der Waals surface area (Å²) in [4.78, 5) is 14.5. The molecule has 3 aromatic rings. The monoisotopic (exact) mass is 384 g/mol. The van der Waals surface area contributed by atoms with Gasteiger partial charge < -0.3 is 11.1 Å². The normalized spacial score (nSPS) is 11.0. The standard InChI is InChI=1S/C20H22F2N6/c1-3-13-6-4-5-7-17(13)24-20-26-18(25-19(23)27-20)12-28(2)11-14-8-9-15(21)10-16(14)22/h4-10H,3,11-12H2,1-2H3,(H3,23,24,25,26,27). The zero-order valence-corrected chi connectivity index (χ0v) is 15.8. The van der Waals surface area contributed by atoms with E-state index in [1.807, 2.05) is 29.2 Å². The number of nitrogens with zero attached hydrogens (tertiary/aromatic N) is 4. The summed E-state index contributed by atoms with van der Waals surface area (Å²) in [5, 5.41) is 3.18. The fourth-order valence-electron chi connectivity index (χ4n) is 2.87. The predicted molar refractivity (Wildman–Crippen MR) is 105 cm³/mol. The number of rotatable bonds is 7. The third-order valence-corrected chi connectivity index (χ3v) is 4.21. The highest BCUT2D eigenvalue weighted by Gasteiger charge is 2.11. The molecular formula is C20H22F2N6. The van der Waals surface area contributed by atoms with Gasteiger partial charge in [-0.15, -0.1) is 0 Å². The molecule has 0 aliphatic rings. The molecule has 6 nitrogen and oxygen atoms in total. The van der Waals surface area contributed by atoms with Gasteiger partial charge in [0.1, 0.15) is 17.5 Å². The Kier molecular flexibility index (Phi) is 6.10. The lowest BCUT2D eigenvalue weighted by Gasteiger charge is -2.17. The molecule has 146 valence electrons. The molecule has 0 aliphatic carbocycles. The van der Waals surface area contributed by atoms with Gasteiger partial charge in [-0.05, 0) is 31.2 Å². The first-order valence-electron chi connectivity index (χ1n) is 8.92. The number of nitrogens with one attached hydrogen (secondary N) is 1. The van der Waals surface area contributed by atoms with E-state index in [1.165, 1.54) is 12.1 Å². The Morgan fingerprint density at radius 2 is 1.79 bits per heavy atom. The maximum absolute atomic E-state index is 13.9. The molecule has 8 heteroatoms. The van der Waals surface area contributed by atoms with Crippen LogP contribution in [0.15, 0.2) is 42.5 Å². The van der Waals surface area contributed by atoms with Crippen molar-refractivity contribution in [1.29, 1.82) is 0 Å². The molecule has 0 amide bonds. The van der Waals surface area contributed by atoms with Gasteiger partial charge in [0.2, 0.25) is 11.9 Å². The summed E-state index contributed by atoms with van der Waals surface area (Å²) in [5.41, 5.74) is 8.26. The van der Waals surface area contributed by atoms with Crippen LogP contribution in [0.1, 0.15) is 23.9 Å². The Morgan fingerprint density at radius 3 is 2.54 bits per heavy atom. The van der Waals surface area contributed by atoms with E-state index in [4.69, 9.17) is 5.73 Å². The molecule has 1 heterocycles. The van der Waals surface area contributed by atoms with Crippen LogP contribution in [0.2, 0.25) is 0 Å². The van der Waals surface area contributed by atoms with Crippen molar-refractivity contribution in [2.75, 3.05) is 18.1 Å². The SMILES string of the molecule is CCc1ccccc1Nc1nc(N)nc(CN(C)Cc2ccc(F)cc2F)n1. The van der Waals surface area contributed by atoms with E-state index in [1.54, 1.807) is 7.05 Å². The molecule has 0 unspecified atom stereocenters. The summed E-state index contributed by atoms with van der Waals surface area (Å²) in [6.45, 7) is 2.67. The summed E-state index contributed by atoms with van der Waals surface area (Å²) in [6.07, 6.45) is 0.864. The van der Waals surface area contributed by atoms with Crippen molar-refractivity contribution in [3.8, 4) is 0 Å². The average molecular weight is 384 g/mol. The van der Waals surface area contributed by atoms with Gasteiger partial charge in [0, 0.05) is 23.9 Å². The van der Waals surface area contributed by atoms with Gasteiger partial charge in [0.05, 0.1) is 6.54 Å². The fourth-order valence-corrected chi connectivity index (χ4v) is 2.87. The topological polar surface area (TPSA) is 80.0 Å². The lowest BCUT2D eigenvalue weighted by Crippen LogP contribution is -2.20. The van der Waals surface area contributed by atoms with Crippen LogP contribution >= 0.6 is 0 Å². The quantitative estimate of drug-likeness (QED) is 0.647. The second-order valence-electron chi connectivity index (χ2n) is 6.48. The largest absolute Gasteiger partial charge is 0.368 e. The van der Waals surface area contributed by atoms with E-state index in [2.05, 4.69) is 27.2 Å². The number of anilines is 3. The Bertz CT molecular complexity index is 963. The van der Waals surface area contributed by atoms with Crippen molar-refractivity contribution in [2.24, 2.45) is 0 Å².